The van der Waals surface area contributed by atoms with E-state index in [0.717, 1.165) is 43.9 Å². The Morgan fingerprint density at radius 1 is 1.00 bits per heavy atom. The van der Waals surface area contributed by atoms with E-state index >= 15 is 0 Å². The van der Waals surface area contributed by atoms with E-state index in [1.165, 1.54) is 38.5 Å². The zero-order valence-electron chi connectivity index (χ0n) is 17.1. The molecule has 3 N–H and O–H groups in total. The number of fused-ring (bicyclic) bond motifs is 5. The van der Waals surface area contributed by atoms with Crippen LogP contribution >= 0.6 is 0 Å². The lowest BCUT2D eigenvalue weighted by Gasteiger charge is -2.62. The maximum absolute atomic E-state index is 12.0. The zero-order valence-corrected chi connectivity index (χ0v) is 17.1. The highest BCUT2D eigenvalue weighted by molar-refractivity contribution is 5.78. The summed E-state index contributed by atoms with van der Waals surface area (Å²) in [7, 11) is 0. The number of nitrogens with two attached hydrogens (primary N) is 1. The van der Waals surface area contributed by atoms with Crippen LogP contribution < -0.4 is 5.73 Å². The van der Waals surface area contributed by atoms with Crippen LogP contribution in [0.5, 0.6) is 0 Å². The summed E-state index contributed by atoms with van der Waals surface area (Å²) in [5, 5.41) is 11.1. The fourth-order valence-corrected chi connectivity index (χ4v) is 8.48. The third kappa shape index (κ3) is 2.59. The molecule has 0 bridgehead atoms. The van der Waals surface area contributed by atoms with Gasteiger partial charge in [0, 0.05) is 5.92 Å². The van der Waals surface area contributed by atoms with Crippen molar-refractivity contribution >= 4 is 5.91 Å². The fourth-order valence-electron chi connectivity index (χ4n) is 8.48. The molecule has 3 nitrogen and oxygen atoms in total. The Bertz CT molecular complexity index is 577. The monoisotopic (exact) mass is 361 g/mol. The van der Waals surface area contributed by atoms with Crippen molar-refractivity contribution in [1.82, 2.24) is 0 Å². The Morgan fingerprint density at radius 2 is 1.73 bits per heavy atom. The van der Waals surface area contributed by atoms with Crippen molar-refractivity contribution in [3.8, 4) is 0 Å². The van der Waals surface area contributed by atoms with Crippen LogP contribution in [-0.4, -0.2) is 16.6 Å². The summed E-state index contributed by atoms with van der Waals surface area (Å²) in [5.74, 6) is 2.98. The second-order valence-corrected chi connectivity index (χ2v) is 10.9. The highest BCUT2D eigenvalue weighted by Crippen LogP contribution is 2.68. The van der Waals surface area contributed by atoms with Gasteiger partial charge in [-0.15, -0.1) is 0 Å². The van der Waals surface area contributed by atoms with Gasteiger partial charge in [0.05, 0.1) is 5.60 Å². The minimum absolute atomic E-state index is 0.0596. The van der Waals surface area contributed by atoms with E-state index in [0.29, 0.717) is 17.3 Å². The van der Waals surface area contributed by atoms with Gasteiger partial charge in [0.1, 0.15) is 0 Å². The average Bonchev–Trinajstić information content (AvgIpc) is 2.93. The van der Waals surface area contributed by atoms with Crippen LogP contribution in [0.3, 0.4) is 0 Å². The smallest absolute Gasteiger partial charge is 0.221 e. The van der Waals surface area contributed by atoms with Crippen molar-refractivity contribution in [2.24, 2.45) is 46.2 Å². The molecule has 4 rings (SSSR count). The van der Waals surface area contributed by atoms with E-state index in [4.69, 9.17) is 5.73 Å². The van der Waals surface area contributed by atoms with Crippen molar-refractivity contribution in [1.29, 1.82) is 0 Å². The van der Waals surface area contributed by atoms with Gasteiger partial charge in [-0.3, -0.25) is 4.79 Å². The normalized spacial score (nSPS) is 53.5. The van der Waals surface area contributed by atoms with Gasteiger partial charge in [-0.1, -0.05) is 27.2 Å². The Morgan fingerprint density at radius 3 is 2.42 bits per heavy atom. The first-order valence-corrected chi connectivity index (χ1v) is 11.3. The molecule has 26 heavy (non-hydrogen) atoms. The molecule has 0 heterocycles. The van der Waals surface area contributed by atoms with E-state index in [-0.39, 0.29) is 17.2 Å². The van der Waals surface area contributed by atoms with Gasteiger partial charge >= 0.3 is 0 Å². The summed E-state index contributed by atoms with van der Waals surface area (Å²) in [6, 6.07) is 0. The van der Waals surface area contributed by atoms with Crippen molar-refractivity contribution in [3.05, 3.63) is 0 Å². The maximum atomic E-state index is 12.0. The van der Waals surface area contributed by atoms with E-state index in [1.807, 2.05) is 0 Å². The second-order valence-electron chi connectivity index (χ2n) is 10.9. The first kappa shape index (κ1) is 18.8. The lowest BCUT2D eigenvalue weighted by atomic mass is 9.43. The molecule has 4 saturated carbocycles. The van der Waals surface area contributed by atoms with E-state index in [1.54, 1.807) is 0 Å². The minimum Gasteiger partial charge on any atom is -0.390 e. The Labute approximate surface area is 159 Å². The third-order valence-electron chi connectivity index (χ3n) is 9.88. The minimum atomic E-state index is -0.403. The molecule has 0 aromatic carbocycles. The molecule has 1 unspecified atom stereocenters. The predicted octanol–water partition coefficient (Wildman–Crippen LogP) is 4.66. The summed E-state index contributed by atoms with van der Waals surface area (Å²) >= 11 is 0. The van der Waals surface area contributed by atoms with Gasteiger partial charge in [0.2, 0.25) is 5.91 Å². The number of rotatable bonds is 3. The molecule has 1 amide bonds. The van der Waals surface area contributed by atoms with Crippen molar-refractivity contribution in [2.75, 3.05) is 0 Å². The van der Waals surface area contributed by atoms with E-state index in [9.17, 15) is 9.90 Å². The molecule has 3 heteroatoms. The SMILES string of the molecule is CCC[C@@]1(O)CC[C@@]2(C)[C@H](CC[C@H]3[C@@H]4CC[C@H](C(N)=O)C4(C)CC[C@@H]32)C1. The maximum Gasteiger partial charge on any atom is 0.221 e. The molecule has 148 valence electrons. The number of amides is 1. The molecule has 0 aromatic heterocycles. The standard InChI is InChI=1S/C23H39NO2/c1-4-10-23(26)13-12-21(2)15(14-23)5-6-16-17-7-8-19(20(24)25)22(17,3)11-9-18(16)21/h15-19,26H,4-14H2,1-3H3,(H2,24,25)/t15-,16+,17+,18+,19-,21+,22?,23-/m1/s1. The quantitative estimate of drug-likeness (QED) is 0.768. The predicted molar refractivity (Wildman–Crippen MR) is 104 cm³/mol. The summed E-state index contributed by atoms with van der Waals surface area (Å²) < 4.78 is 0. The highest BCUT2D eigenvalue weighted by atomic mass is 16.3. The summed E-state index contributed by atoms with van der Waals surface area (Å²) in [4.78, 5) is 12.0. The van der Waals surface area contributed by atoms with Crippen LogP contribution in [0.2, 0.25) is 0 Å². The number of carbonyl (C=O) groups excluding carboxylic acids is 1. The van der Waals surface area contributed by atoms with Crippen LogP contribution in [0.1, 0.15) is 91.4 Å². The molecule has 0 aliphatic heterocycles. The largest absolute Gasteiger partial charge is 0.390 e. The molecule has 4 fully saturated rings. The van der Waals surface area contributed by atoms with Gasteiger partial charge in [-0.25, -0.2) is 0 Å². The Kier molecular flexibility index (Phi) is 4.49. The lowest BCUT2D eigenvalue weighted by molar-refractivity contribution is -0.155. The first-order valence-electron chi connectivity index (χ1n) is 11.3. The number of hydrogen-bond acceptors (Lipinski definition) is 2. The van der Waals surface area contributed by atoms with E-state index < -0.39 is 5.60 Å². The molecule has 0 aromatic rings. The Hall–Kier alpha value is -0.570. The van der Waals surface area contributed by atoms with E-state index in [2.05, 4.69) is 20.8 Å². The molecule has 4 aliphatic rings. The zero-order chi connectivity index (χ0) is 18.7. The number of carbonyl (C=O) groups is 1. The van der Waals surface area contributed by atoms with Crippen LogP contribution in [0.25, 0.3) is 0 Å². The number of aliphatic hydroxyl groups is 1. The molecule has 0 saturated heterocycles. The summed E-state index contributed by atoms with van der Waals surface area (Å²) in [6.45, 7) is 7.11. The molecule has 8 atom stereocenters. The topological polar surface area (TPSA) is 63.3 Å². The highest BCUT2D eigenvalue weighted by Gasteiger charge is 2.61. The average molecular weight is 362 g/mol. The molecule has 0 radical (unpaired) electrons. The van der Waals surface area contributed by atoms with Gasteiger partial charge in [0.25, 0.3) is 0 Å². The van der Waals surface area contributed by atoms with Gasteiger partial charge in [-0.05, 0) is 98.7 Å². The van der Waals surface area contributed by atoms with Crippen molar-refractivity contribution < 1.29 is 9.90 Å². The molecule has 0 spiro atoms. The molecule has 4 aliphatic carbocycles. The van der Waals surface area contributed by atoms with Crippen LogP contribution in [-0.2, 0) is 4.79 Å². The second kappa shape index (κ2) is 6.22. The molecular weight excluding hydrogens is 322 g/mol. The lowest BCUT2D eigenvalue weighted by Crippen LogP contribution is -2.56. The van der Waals surface area contributed by atoms with Crippen LogP contribution in [0.15, 0.2) is 0 Å². The third-order valence-corrected chi connectivity index (χ3v) is 9.88. The first-order chi connectivity index (χ1) is 12.2. The van der Waals surface area contributed by atoms with Gasteiger partial charge in [0.15, 0.2) is 0 Å². The van der Waals surface area contributed by atoms with Crippen LogP contribution in [0.4, 0.5) is 0 Å². The number of primary amides is 1. The number of hydrogen-bond donors (Lipinski definition) is 2. The summed E-state index contributed by atoms with van der Waals surface area (Å²) in [6.07, 6.45) is 12.5. The van der Waals surface area contributed by atoms with Crippen molar-refractivity contribution in [2.45, 2.75) is 97.0 Å². The fraction of sp³-hybridized carbons (Fsp3) is 0.957. The Balaban J connectivity index is 1.56. The molecular formula is C23H39NO2. The van der Waals surface area contributed by atoms with Crippen LogP contribution in [0, 0.1) is 40.4 Å². The van der Waals surface area contributed by atoms with Gasteiger partial charge < -0.3 is 10.8 Å². The summed E-state index contributed by atoms with van der Waals surface area (Å²) in [5.41, 5.74) is 5.92. The van der Waals surface area contributed by atoms with Gasteiger partial charge in [-0.2, -0.15) is 0 Å². The van der Waals surface area contributed by atoms with Crippen molar-refractivity contribution in [3.63, 3.8) is 0 Å².